The summed E-state index contributed by atoms with van der Waals surface area (Å²) in [5, 5.41) is 2.42. The molecule has 8 nitrogen and oxygen atoms in total. The molecule has 1 aliphatic heterocycles. The van der Waals surface area contributed by atoms with Gasteiger partial charge in [-0.25, -0.2) is 9.69 Å². The van der Waals surface area contributed by atoms with Crippen LogP contribution in [0.15, 0.2) is 22.3 Å². The Morgan fingerprint density at radius 1 is 1.35 bits per heavy atom. The van der Waals surface area contributed by atoms with E-state index in [-0.39, 0.29) is 12.3 Å². The molecule has 1 aromatic carbocycles. The lowest BCUT2D eigenvalue weighted by Gasteiger charge is -2.11. The third-order valence-corrected chi connectivity index (χ3v) is 4.06. The molecule has 0 unspecified atom stereocenters. The van der Waals surface area contributed by atoms with Crippen molar-refractivity contribution in [2.45, 2.75) is 0 Å². The summed E-state index contributed by atoms with van der Waals surface area (Å²) >= 11 is 3.37. The van der Waals surface area contributed by atoms with Crippen molar-refractivity contribution in [1.82, 2.24) is 10.2 Å². The zero-order valence-corrected chi connectivity index (χ0v) is 15.6. The number of hydrogen-bond acceptors (Lipinski definition) is 6. The predicted molar refractivity (Wildman–Crippen MR) is 95.3 cm³/mol. The lowest BCUT2D eigenvalue weighted by atomic mass is 10.1. The van der Waals surface area contributed by atoms with E-state index >= 15 is 0 Å². The molecule has 3 amide bonds. The first-order valence-electron chi connectivity index (χ1n) is 7.26. The maximum atomic E-state index is 12.3. The number of methoxy groups -OCH3 is 2. The lowest BCUT2D eigenvalue weighted by Crippen LogP contribution is -2.36. The first-order valence-corrected chi connectivity index (χ1v) is 8.05. The van der Waals surface area contributed by atoms with Crippen molar-refractivity contribution in [3.8, 4) is 23.8 Å². The van der Waals surface area contributed by atoms with E-state index in [9.17, 15) is 14.4 Å². The molecule has 1 fully saturated rings. The number of halogens is 1. The summed E-state index contributed by atoms with van der Waals surface area (Å²) in [5.41, 5.74) is 0.567. The number of terminal acetylenes is 1. The number of carbonyl (C=O) groups is 3. The van der Waals surface area contributed by atoms with Crippen molar-refractivity contribution in [2.75, 3.05) is 27.4 Å². The van der Waals surface area contributed by atoms with Gasteiger partial charge in [0.25, 0.3) is 5.91 Å². The Kier molecular flexibility index (Phi) is 6.25. The quantitative estimate of drug-likeness (QED) is 0.323. The Bertz CT molecular complexity index is 827. The highest BCUT2D eigenvalue weighted by Gasteiger charge is 2.35. The van der Waals surface area contributed by atoms with Gasteiger partial charge in [-0.3, -0.25) is 9.59 Å². The summed E-state index contributed by atoms with van der Waals surface area (Å²) in [5.74, 6) is 1.84. The summed E-state index contributed by atoms with van der Waals surface area (Å²) in [7, 11) is 2.63. The van der Waals surface area contributed by atoms with Gasteiger partial charge in [0.2, 0.25) is 0 Å². The Labute approximate surface area is 158 Å². The van der Waals surface area contributed by atoms with Crippen molar-refractivity contribution in [2.24, 2.45) is 0 Å². The number of urea groups is 1. The first kappa shape index (κ1) is 19.3. The van der Waals surface area contributed by atoms with Crippen LogP contribution in [0.3, 0.4) is 0 Å². The second-order valence-corrected chi connectivity index (χ2v) is 5.83. The van der Waals surface area contributed by atoms with Gasteiger partial charge in [-0.15, -0.1) is 6.42 Å². The zero-order valence-electron chi connectivity index (χ0n) is 14.0. The standard InChI is InChI=1S/C17H15BrN2O6/c1-4-5-26-14-8-11(18)10(7-13(14)24-2)6-12-16(22)20(17(23)19-12)9-15(21)25-3/h1,6-8H,5,9H2,2-3H3,(H,19,23)/b12-6+. The van der Waals surface area contributed by atoms with Crippen molar-refractivity contribution in [3.63, 3.8) is 0 Å². The Balaban J connectivity index is 2.32. The monoisotopic (exact) mass is 422 g/mol. The number of nitrogens with one attached hydrogen (secondary N) is 1. The van der Waals surface area contributed by atoms with Gasteiger partial charge >= 0.3 is 12.0 Å². The number of rotatable bonds is 6. The van der Waals surface area contributed by atoms with Crippen molar-refractivity contribution in [1.29, 1.82) is 0 Å². The molecule has 0 saturated carbocycles. The third-order valence-electron chi connectivity index (χ3n) is 3.37. The highest BCUT2D eigenvalue weighted by atomic mass is 79.9. The topological polar surface area (TPSA) is 94.2 Å². The van der Waals surface area contributed by atoms with Gasteiger partial charge < -0.3 is 19.5 Å². The normalized spacial score (nSPS) is 14.8. The number of benzene rings is 1. The van der Waals surface area contributed by atoms with E-state index in [1.165, 1.54) is 20.3 Å². The van der Waals surface area contributed by atoms with E-state index in [1.807, 2.05) is 0 Å². The van der Waals surface area contributed by atoms with Gasteiger partial charge in [0.15, 0.2) is 11.5 Å². The summed E-state index contributed by atoms with van der Waals surface area (Å²) < 4.78 is 15.7. The Hall–Kier alpha value is -2.99. The molecule has 1 aliphatic rings. The maximum absolute atomic E-state index is 12.3. The molecule has 1 heterocycles. The predicted octanol–water partition coefficient (Wildman–Crippen LogP) is 1.54. The van der Waals surface area contributed by atoms with Gasteiger partial charge in [0.05, 0.1) is 14.2 Å². The maximum Gasteiger partial charge on any atom is 0.329 e. The minimum absolute atomic E-state index is 0.0129. The van der Waals surface area contributed by atoms with Crippen molar-refractivity contribution >= 4 is 39.9 Å². The average molecular weight is 423 g/mol. The number of imide groups is 1. The second-order valence-electron chi connectivity index (χ2n) is 4.97. The van der Waals surface area contributed by atoms with Crippen LogP contribution in [0.4, 0.5) is 4.79 Å². The van der Waals surface area contributed by atoms with Crippen LogP contribution in [0.5, 0.6) is 11.5 Å². The summed E-state index contributed by atoms with van der Waals surface area (Å²) in [6, 6.07) is 2.55. The molecule has 26 heavy (non-hydrogen) atoms. The van der Waals surface area contributed by atoms with Crippen molar-refractivity contribution < 1.29 is 28.6 Å². The first-order chi connectivity index (χ1) is 12.4. The molecule has 0 spiro atoms. The van der Waals surface area contributed by atoms with Crippen molar-refractivity contribution in [3.05, 3.63) is 27.9 Å². The fourth-order valence-electron chi connectivity index (χ4n) is 2.12. The van der Waals surface area contributed by atoms with Gasteiger partial charge in [-0.05, 0) is 23.8 Å². The largest absolute Gasteiger partial charge is 0.493 e. The molecule has 1 saturated heterocycles. The summed E-state index contributed by atoms with van der Waals surface area (Å²) in [4.78, 5) is 36.3. The molecule has 136 valence electrons. The summed E-state index contributed by atoms with van der Waals surface area (Å²) in [6.07, 6.45) is 6.63. The molecule has 9 heteroatoms. The van der Waals surface area contributed by atoms with Gasteiger partial charge in [0, 0.05) is 4.47 Å². The molecule has 1 N–H and O–H groups in total. The molecular formula is C17H15BrN2O6. The average Bonchev–Trinajstić information content (AvgIpc) is 2.88. The van der Waals surface area contributed by atoms with E-state index in [0.717, 1.165) is 4.90 Å². The van der Waals surface area contributed by atoms with Gasteiger partial charge in [-0.2, -0.15) is 0 Å². The fourth-order valence-corrected chi connectivity index (χ4v) is 2.55. The molecule has 0 radical (unpaired) electrons. The van der Waals surface area contributed by atoms with Crippen LogP contribution in [-0.2, 0) is 14.3 Å². The van der Waals surface area contributed by atoms with Crippen LogP contribution in [0.1, 0.15) is 5.56 Å². The highest BCUT2D eigenvalue weighted by Crippen LogP contribution is 2.34. The SMILES string of the molecule is C#CCOc1cc(Br)c(/C=C2/NC(=O)N(CC(=O)OC)C2=O)cc1OC. The molecular weight excluding hydrogens is 408 g/mol. The van der Waals surface area contributed by atoms with E-state index in [0.29, 0.717) is 21.5 Å². The molecule has 0 atom stereocenters. The number of amides is 3. The van der Waals surface area contributed by atoms with Gasteiger partial charge in [0.1, 0.15) is 18.8 Å². The van der Waals surface area contributed by atoms with E-state index in [2.05, 4.69) is 31.9 Å². The Morgan fingerprint density at radius 2 is 2.08 bits per heavy atom. The third kappa shape index (κ3) is 4.15. The number of hydrogen-bond donors (Lipinski definition) is 1. The second kappa shape index (κ2) is 8.40. The number of esters is 1. The molecule has 2 rings (SSSR count). The highest BCUT2D eigenvalue weighted by molar-refractivity contribution is 9.10. The molecule has 0 aromatic heterocycles. The van der Waals surface area contributed by atoms with Crippen LogP contribution in [0, 0.1) is 12.3 Å². The number of carbonyl (C=O) groups excluding carboxylic acids is 3. The summed E-state index contributed by atoms with van der Waals surface area (Å²) in [6.45, 7) is -0.401. The van der Waals surface area contributed by atoms with Crippen LogP contribution in [0.2, 0.25) is 0 Å². The van der Waals surface area contributed by atoms with E-state index in [4.69, 9.17) is 15.9 Å². The van der Waals surface area contributed by atoms with Crippen LogP contribution in [-0.4, -0.2) is 50.2 Å². The Morgan fingerprint density at radius 3 is 2.69 bits per heavy atom. The number of nitrogens with zero attached hydrogens (tertiary/aromatic N) is 1. The zero-order chi connectivity index (χ0) is 19.3. The van der Waals surface area contributed by atoms with Crippen LogP contribution in [0.25, 0.3) is 6.08 Å². The minimum atomic E-state index is -0.705. The number of ether oxygens (including phenoxy) is 3. The smallest absolute Gasteiger partial charge is 0.329 e. The van der Waals surface area contributed by atoms with E-state index < -0.39 is 24.5 Å². The lowest BCUT2D eigenvalue weighted by molar-refractivity contribution is -0.143. The van der Waals surface area contributed by atoms with Gasteiger partial charge in [-0.1, -0.05) is 21.9 Å². The molecule has 0 aliphatic carbocycles. The molecule has 1 aromatic rings. The molecule has 0 bridgehead atoms. The van der Waals surface area contributed by atoms with Crippen LogP contribution >= 0.6 is 15.9 Å². The fraction of sp³-hybridized carbons (Fsp3) is 0.235. The van der Waals surface area contributed by atoms with E-state index in [1.54, 1.807) is 12.1 Å². The minimum Gasteiger partial charge on any atom is -0.493 e. The van der Waals surface area contributed by atoms with Crippen LogP contribution < -0.4 is 14.8 Å².